The largest absolute Gasteiger partial charge is 0.441 e. The summed E-state index contributed by atoms with van der Waals surface area (Å²) in [6.45, 7) is 8.80. The summed E-state index contributed by atoms with van der Waals surface area (Å²) < 4.78 is 11.7. The van der Waals surface area contributed by atoms with Gasteiger partial charge in [-0.2, -0.15) is 4.37 Å². The monoisotopic (exact) mass is 680 g/mol. The highest BCUT2D eigenvalue weighted by Crippen LogP contribution is 2.36. The maximum absolute atomic E-state index is 13.0. The molecule has 3 aromatic rings. The minimum absolute atomic E-state index is 0.0513. The number of aromatic nitrogens is 1. The number of fused-ring (bicyclic) bond motifs is 2. The molecule has 2 aromatic carbocycles. The van der Waals surface area contributed by atoms with Crippen LogP contribution in [-0.4, -0.2) is 60.1 Å². The number of hydrogen-bond acceptors (Lipinski definition) is 7. The number of piperazine rings is 1. The molecule has 0 bridgehead atoms. The molecule has 1 aromatic heterocycles. The van der Waals surface area contributed by atoms with Gasteiger partial charge in [-0.3, -0.25) is 19.4 Å². The molecule has 1 unspecified atom stereocenters. The van der Waals surface area contributed by atoms with Crippen LogP contribution in [0.3, 0.4) is 0 Å². The molecule has 0 aliphatic carbocycles. The van der Waals surface area contributed by atoms with Gasteiger partial charge in [-0.25, -0.2) is 0 Å². The Morgan fingerprint density at radius 2 is 1.60 bits per heavy atom. The molecule has 1 fully saturated rings. The first-order chi connectivity index (χ1) is 22.9. The van der Waals surface area contributed by atoms with Crippen LogP contribution < -0.4 is 9.80 Å². The minimum atomic E-state index is -0.651. The number of rotatable bonds is 19. The Morgan fingerprint density at radius 1 is 0.936 bits per heavy atom. The van der Waals surface area contributed by atoms with E-state index in [9.17, 15) is 9.59 Å². The molecule has 2 aliphatic rings. The highest BCUT2D eigenvalue weighted by molar-refractivity contribution is 7.13. The third-order valence-corrected chi connectivity index (χ3v) is 10.9. The fraction of sp³-hybridized carbons (Fsp3) is 0.605. The van der Waals surface area contributed by atoms with Crippen molar-refractivity contribution in [3.63, 3.8) is 0 Å². The molecule has 5 rings (SSSR count). The predicted molar refractivity (Wildman–Crippen MR) is 196 cm³/mol. The fourth-order valence-corrected chi connectivity index (χ4v) is 8.02. The van der Waals surface area contributed by atoms with Gasteiger partial charge in [-0.15, -0.1) is 0 Å². The van der Waals surface area contributed by atoms with Crippen molar-refractivity contribution in [2.75, 3.05) is 42.5 Å². The van der Waals surface area contributed by atoms with Crippen LogP contribution in [0.2, 0.25) is 5.02 Å². The first kappa shape index (κ1) is 35.6. The maximum atomic E-state index is 13.0. The number of nitrogens with zero attached hydrogens (tertiary/aromatic N) is 4. The van der Waals surface area contributed by atoms with E-state index in [2.05, 4.69) is 47.1 Å². The standard InChI is InChI=1S/C38H53ClN4O3S/c1-3-4-5-6-7-8-9-10-11-12-13-14-19-37(45)46-29(2)43-34-28-33(39)30(26-31(34)27-36(43)44)20-21-41-22-24-42(25-23-41)38-32-17-15-16-18-35(32)47-40-38/h15-18,26,28-29H,3-14,19-25,27H2,1-2H3. The summed E-state index contributed by atoms with van der Waals surface area (Å²) in [7, 11) is 0. The lowest BCUT2D eigenvalue weighted by molar-refractivity contribution is -0.149. The number of unbranched alkanes of at least 4 members (excludes halogenated alkanes) is 11. The second-order valence-electron chi connectivity index (χ2n) is 13.3. The number of carbonyl (C=O) groups is 2. The van der Waals surface area contributed by atoms with Crippen molar-refractivity contribution in [1.29, 1.82) is 0 Å². The van der Waals surface area contributed by atoms with Gasteiger partial charge in [0.1, 0.15) is 5.82 Å². The average molecular weight is 681 g/mol. The number of carbonyl (C=O) groups excluding carboxylic acids is 2. The summed E-state index contributed by atoms with van der Waals surface area (Å²) in [5, 5.41) is 1.90. The molecule has 1 atom stereocenters. The minimum Gasteiger partial charge on any atom is -0.441 e. The van der Waals surface area contributed by atoms with E-state index >= 15 is 0 Å². The van der Waals surface area contributed by atoms with Crippen LogP contribution in [0.25, 0.3) is 10.1 Å². The first-order valence-electron chi connectivity index (χ1n) is 18.1. The molecule has 1 saturated heterocycles. The Bertz CT molecular complexity index is 1450. The average Bonchev–Trinajstić information content (AvgIpc) is 3.64. The van der Waals surface area contributed by atoms with E-state index < -0.39 is 6.23 Å². The van der Waals surface area contributed by atoms with Crippen LogP contribution in [0.1, 0.15) is 108 Å². The van der Waals surface area contributed by atoms with Crippen LogP contribution in [0.4, 0.5) is 11.5 Å². The third kappa shape index (κ3) is 9.93. The van der Waals surface area contributed by atoms with Crippen molar-refractivity contribution in [1.82, 2.24) is 9.27 Å². The van der Waals surface area contributed by atoms with Gasteiger partial charge in [0, 0.05) is 49.6 Å². The Kier molecular flexibility index (Phi) is 13.8. The van der Waals surface area contributed by atoms with E-state index in [1.807, 2.05) is 6.07 Å². The summed E-state index contributed by atoms with van der Waals surface area (Å²) in [5.41, 5.74) is 2.78. The second-order valence-corrected chi connectivity index (χ2v) is 14.5. The van der Waals surface area contributed by atoms with Gasteiger partial charge in [0.05, 0.1) is 16.8 Å². The summed E-state index contributed by atoms with van der Waals surface area (Å²) >= 11 is 8.35. The molecule has 47 heavy (non-hydrogen) atoms. The molecular weight excluding hydrogens is 628 g/mol. The molecular formula is C38H53ClN4O3S. The molecule has 1 amide bonds. The van der Waals surface area contributed by atoms with Crippen LogP contribution >= 0.6 is 23.1 Å². The Labute approximate surface area is 290 Å². The lowest BCUT2D eigenvalue weighted by atomic mass is 10.0. The van der Waals surface area contributed by atoms with E-state index in [1.54, 1.807) is 23.4 Å². The van der Waals surface area contributed by atoms with Gasteiger partial charge in [0.15, 0.2) is 6.23 Å². The normalized spacial score (nSPS) is 15.9. The van der Waals surface area contributed by atoms with E-state index in [1.165, 1.54) is 67.9 Å². The molecule has 3 heterocycles. The number of anilines is 2. The van der Waals surface area contributed by atoms with Crippen LogP contribution in [0, 0.1) is 0 Å². The number of halogens is 1. The smallest absolute Gasteiger partial charge is 0.307 e. The molecule has 2 aliphatic heterocycles. The number of benzene rings is 2. The molecule has 256 valence electrons. The summed E-state index contributed by atoms with van der Waals surface area (Å²) in [5.74, 6) is 0.812. The Hall–Kier alpha value is -2.68. The zero-order valence-electron chi connectivity index (χ0n) is 28.5. The van der Waals surface area contributed by atoms with Crippen molar-refractivity contribution in [2.45, 2.75) is 116 Å². The number of ether oxygens (including phenoxy) is 1. The third-order valence-electron chi connectivity index (χ3n) is 9.75. The van der Waals surface area contributed by atoms with E-state index in [-0.39, 0.29) is 11.9 Å². The van der Waals surface area contributed by atoms with Gasteiger partial charge in [-0.1, -0.05) is 107 Å². The second kappa shape index (κ2) is 18.2. The molecule has 0 N–H and O–H groups in total. The van der Waals surface area contributed by atoms with E-state index in [0.29, 0.717) is 17.9 Å². The molecule has 0 radical (unpaired) electrons. The van der Waals surface area contributed by atoms with Crippen LogP contribution in [-0.2, 0) is 27.2 Å². The Morgan fingerprint density at radius 3 is 2.30 bits per heavy atom. The van der Waals surface area contributed by atoms with Gasteiger partial charge < -0.3 is 9.64 Å². The van der Waals surface area contributed by atoms with Crippen molar-refractivity contribution >= 4 is 56.6 Å². The lowest BCUT2D eigenvalue weighted by Crippen LogP contribution is -2.47. The van der Waals surface area contributed by atoms with E-state index in [0.717, 1.165) is 81.0 Å². The van der Waals surface area contributed by atoms with E-state index in [4.69, 9.17) is 20.7 Å². The first-order valence-corrected chi connectivity index (χ1v) is 19.2. The number of amides is 1. The fourth-order valence-electron chi connectivity index (χ4n) is 6.97. The number of esters is 1. The highest BCUT2D eigenvalue weighted by atomic mass is 35.5. The molecule has 9 heteroatoms. The van der Waals surface area contributed by atoms with Crippen LogP contribution in [0.5, 0.6) is 0 Å². The number of hydrogen-bond donors (Lipinski definition) is 0. The van der Waals surface area contributed by atoms with Crippen molar-refractivity contribution in [3.8, 4) is 0 Å². The SMILES string of the molecule is CCCCCCCCCCCCCCC(=O)OC(C)N1C(=O)Cc2cc(CCN3CCN(c4nsc5ccccc45)CC3)c(Cl)cc21. The molecule has 0 spiro atoms. The van der Waals surface area contributed by atoms with Crippen molar-refractivity contribution < 1.29 is 14.3 Å². The van der Waals surface area contributed by atoms with Crippen LogP contribution in [0.15, 0.2) is 36.4 Å². The van der Waals surface area contributed by atoms with Gasteiger partial charge >= 0.3 is 5.97 Å². The predicted octanol–water partition coefficient (Wildman–Crippen LogP) is 9.18. The zero-order valence-corrected chi connectivity index (χ0v) is 30.1. The molecule has 7 nitrogen and oxygen atoms in total. The topological polar surface area (TPSA) is 66.0 Å². The quantitative estimate of drug-likeness (QED) is 0.0929. The van der Waals surface area contributed by atoms with Gasteiger partial charge in [0.2, 0.25) is 5.91 Å². The Balaban J connectivity index is 1.01. The van der Waals surface area contributed by atoms with Gasteiger partial charge in [0.25, 0.3) is 0 Å². The molecule has 0 saturated carbocycles. The van der Waals surface area contributed by atoms with Gasteiger partial charge in [-0.05, 0) is 60.6 Å². The highest BCUT2D eigenvalue weighted by Gasteiger charge is 2.34. The maximum Gasteiger partial charge on any atom is 0.307 e. The summed E-state index contributed by atoms with van der Waals surface area (Å²) in [4.78, 5) is 32.1. The van der Waals surface area contributed by atoms with Crippen molar-refractivity contribution in [3.05, 3.63) is 52.5 Å². The zero-order chi connectivity index (χ0) is 33.0. The lowest BCUT2D eigenvalue weighted by Gasteiger charge is -2.35. The van der Waals surface area contributed by atoms with Crippen molar-refractivity contribution in [2.24, 2.45) is 0 Å². The summed E-state index contributed by atoms with van der Waals surface area (Å²) in [6, 6.07) is 12.4. The summed E-state index contributed by atoms with van der Waals surface area (Å²) in [6.07, 6.45) is 15.9.